The van der Waals surface area contributed by atoms with Crippen molar-refractivity contribution >= 4 is 55.3 Å². The molecule has 2 fully saturated rings. The first-order chi connectivity index (χ1) is 26.2. The zero-order chi connectivity index (χ0) is 39.5. The van der Waals surface area contributed by atoms with Crippen LogP contribution in [0.3, 0.4) is 0 Å². The minimum absolute atomic E-state index is 0.0664. The van der Waals surface area contributed by atoms with E-state index in [9.17, 15) is 24.0 Å². The largest absolute Gasteiger partial charge is 0.353 e. The lowest BCUT2D eigenvalue weighted by atomic mass is 9.84. The molecular formula is C43H49N5O5SSi. The Hall–Kier alpha value is -5.20. The van der Waals surface area contributed by atoms with Gasteiger partial charge in [0, 0.05) is 25.3 Å². The molecule has 2 heterocycles. The number of hydrogen-bond donors (Lipinski definition) is 2. The van der Waals surface area contributed by atoms with Crippen molar-refractivity contribution in [2.45, 2.75) is 68.4 Å². The molecule has 286 valence electrons. The summed E-state index contributed by atoms with van der Waals surface area (Å²) in [6.07, 6.45) is -0.130. The van der Waals surface area contributed by atoms with Gasteiger partial charge in [0.05, 0.1) is 11.2 Å². The highest BCUT2D eigenvalue weighted by Crippen LogP contribution is 2.55. The first-order valence-corrected chi connectivity index (χ1v) is 22.5. The monoisotopic (exact) mass is 775 g/mol. The fourth-order valence-corrected chi connectivity index (χ4v) is 12.0. The predicted octanol–water partition coefficient (Wildman–Crippen LogP) is 6.84. The van der Waals surface area contributed by atoms with Crippen LogP contribution in [-0.4, -0.2) is 83.3 Å². The summed E-state index contributed by atoms with van der Waals surface area (Å²) < 4.78 is 1.33. The lowest BCUT2D eigenvalue weighted by Crippen LogP contribution is -2.78. The fourth-order valence-electron chi connectivity index (χ4n) is 7.12. The topological polar surface area (TPSA) is 119 Å². The highest BCUT2D eigenvalue weighted by atomic mass is 32.2. The van der Waals surface area contributed by atoms with Gasteiger partial charge >= 0.3 is 17.8 Å². The summed E-state index contributed by atoms with van der Waals surface area (Å²) in [5.41, 5.74) is 4.00. The minimum Gasteiger partial charge on any atom is -0.353 e. The number of benzene rings is 4. The van der Waals surface area contributed by atoms with Gasteiger partial charge in [0.25, 0.3) is 0 Å². The molecule has 2 saturated heterocycles. The van der Waals surface area contributed by atoms with Crippen LogP contribution in [0.2, 0.25) is 18.1 Å². The van der Waals surface area contributed by atoms with Crippen molar-refractivity contribution in [2.24, 2.45) is 0 Å². The second-order valence-electron chi connectivity index (χ2n) is 15.5. The van der Waals surface area contributed by atoms with Gasteiger partial charge in [0.2, 0.25) is 11.8 Å². The standard InChI is InChI=1S/C43H49N5O5SSi/c1-7-46-27-28-47(39(52)38(46)51)41(53)44-34-26-18-17-19-30(34)29-35(49)45-36-37(50)48(55(5,6)42(2,3)4)40(36)54-43(31-20-11-8-12-21-31,32-22-13-9-14-23-32)33-24-15-10-16-25-33/h8-26,36,40H,7,27-29H2,1-6H3,(H,44,53)(H,45,49)/t36-,40-/m1/s1. The zero-order valence-electron chi connectivity index (χ0n) is 32.2. The molecule has 12 heteroatoms. The molecule has 0 unspecified atom stereocenters. The molecule has 0 bridgehead atoms. The minimum atomic E-state index is -2.47. The van der Waals surface area contributed by atoms with E-state index in [1.54, 1.807) is 43.0 Å². The maximum Gasteiger partial charge on any atom is 0.329 e. The number of β-lactam (4-membered cyclic amide) rings is 1. The van der Waals surface area contributed by atoms with Crippen molar-refractivity contribution in [1.29, 1.82) is 0 Å². The normalized spacial score (nSPS) is 17.9. The van der Waals surface area contributed by atoms with Crippen LogP contribution in [0, 0.1) is 0 Å². The van der Waals surface area contributed by atoms with Gasteiger partial charge in [-0.15, -0.1) is 11.8 Å². The van der Waals surface area contributed by atoms with Gasteiger partial charge in [-0.05, 0) is 40.3 Å². The molecule has 2 aliphatic rings. The number of urea groups is 1. The zero-order valence-corrected chi connectivity index (χ0v) is 34.1. The first-order valence-electron chi connectivity index (χ1n) is 18.7. The number of likely N-dealkylation sites (N-methyl/N-ethyl adjacent to an activating group) is 1. The number of imide groups is 1. The quantitative estimate of drug-likeness (QED) is 0.0747. The third kappa shape index (κ3) is 7.57. The van der Waals surface area contributed by atoms with Crippen molar-refractivity contribution in [3.8, 4) is 0 Å². The van der Waals surface area contributed by atoms with Crippen molar-refractivity contribution < 1.29 is 24.0 Å². The number of amides is 6. The Bertz CT molecular complexity index is 1960. The molecule has 6 rings (SSSR count). The predicted molar refractivity (Wildman–Crippen MR) is 220 cm³/mol. The van der Waals surface area contributed by atoms with Gasteiger partial charge in [0.15, 0.2) is 8.24 Å². The van der Waals surface area contributed by atoms with Crippen LogP contribution in [0.4, 0.5) is 10.5 Å². The van der Waals surface area contributed by atoms with Crippen molar-refractivity contribution in [3.05, 3.63) is 138 Å². The lowest BCUT2D eigenvalue weighted by Gasteiger charge is -2.59. The maximum atomic E-state index is 14.4. The molecule has 0 spiro atoms. The van der Waals surface area contributed by atoms with Crippen LogP contribution in [0.1, 0.15) is 49.9 Å². The Labute approximate surface area is 328 Å². The van der Waals surface area contributed by atoms with Crippen LogP contribution >= 0.6 is 11.8 Å². The van der Waals surface area contributed by atoms with Gasteiger partial charge in [-0.1, -0.05) is 143 Å². The van der Waals surface area contributed by atoms with Gasteiger partial charge in [0.1, 0.15) is 11.4 Å². The number of rotatable bonds is 11. The average molecular weight is 776 g/mol. The summed E-state index contributed by atoms with van der Waals surface area (Å²) in [5.74, 6) is -2.11. The number of carbonyl (C=O) groups is 5. The molecule has 55 heavy (non-hydrogen) atoms. The Morgan fingerprint density at radius 1 is 0.745 bits per heavy atom. The number of para-hydroxylation sites is 1. The van der Waals surface area contributed by atoms with Crippen LogP contribution in [0.15, 0.2) is 115 Å². The number of piperazine rings is 1. The summed E-state index contributed by atoms with van der Waals surface area (Å²) in [4.78, 5) is 69.2. The molecule has 0 radical (unpaired) electrons. The molecule has 6 amide bonds. The smallest absolute Gasteiger partial charge is 0.329 e. The summed E-state index contributed by atoms with van der Waals surface area (Å²) in [6.45, 7) is 13.4. The maximum absolute atomic E-state index is 14.4. The third-order valence-corrected chi connectivity index (χ3v) is 18.5. The first kappa shape index (κ1) is 39.5. The van der Waals surface area contributed by atoms with Crippen molar-refractivity contribution in [2.75, 3.05) is 25.0 Å². The van der Waals surface area contributed by atoms with E-state index in [1.807, 2.05) is 54.6 Å². The van der Waals surface area contributed by atoms with Gasteiger partial charge < -0.3 is 20.1 Å². The molecular weight excluding hydrogens is 727 g/mol. The number of thioether (sulfide) groups is 1. The molecule has 4 aromatic rings. The summed E-state index contributed by atoms with van der Waals surface area (Å²) in [5, 5.41) is 5.26. The van der Waals surface area contributed by atoms with Gasteiger partial charge in [-0.3, -0.25) is 24.1 Å². The lowest BCUT2D eigenvalue weighted by molar-refractivity contribution is -0.153. The Morgan fingerprint density at radius 2 is 1.25 bits per heavy atom. The van der Waals surface area contributed by atoms with Crippen molar-refractivity contribution in [3.63, 3.8) is 0 Å². The number of hydrogen-bond acceptors (Lipinski definition) is 6. The summed E-state index contributed by atoms with van der Waals surface area (Å²) in [7, 11) is -2.47. The fraction of sp³-hybridized carbons (Fsp3) is 0.326. The van der Waals surface area contributed by atoms with E-state index in [2.05, 4.69) is 85.5 Å². The molecule has 2 N–H and O–H groups in total. The number of nitrogens with one attached hydrogen (secondary N) is 2. The van der Waals surface area contributed by atoms with Crippen LogP contribution in [0.5, 0.6) is 0 Å². The van der Waals surface area contributed by atoms with Crippen LogP contribution in [-0.2, 0) is 30.3 Å². The van der Waals surface area contributed by atoms with Crippen LogP contribution < -0.4 is 10.6 Å². The van der Waals surface area contributed by atoms with E-state index in [1.165, 1.54) is 4.90 Å². The summed E-state index contributed by atoms with van der Waals surface area (Å²) in [6, 6.07) is 36.2. The molecule has 4 aromatic carbocycles. The second-order valence-corrected chi connectivity index (χ2v) is 21.9. The third-order valence-electron chi connectivity index (χ3n) is 11.2. The number of carbonyl (C=O) groups excluding carboxylic acids is 5. The molecule has 2 aliphatic heterocycles. The highest BCUT2D eigenvalue weighted by Gasteiger charge is 2.60. The van der Waals surface area contributed by atoms with Gasteiger partial charge in [-0.2, -0.15) is 0 Å². The van der Waals surface area contributed by atoms with Crippen molar-refractivity contribution in [1.82, 2.24) is 19.7 Å². The highest BCUT2D eigenvalue weighted by molar-refractivity contribution is 8.01. The molecule has 10 nitrogen and oxygen atoms in total. The van der Waals surface area contributed by atoms with Crippen LogP contribution in [0.25, 0.3) is 0 Å². The number of nitrogens with zero attached hydrogens (tertiary/aromatic N) is 3. The molecule has 0 aromatic heterocycles. The SMILES string of the molecule is CCN1CCN(C(=O)Nc2ccccc2CC(=O)N[C@@H]2C(=O)N([Si](C)(C)C(C)(C)C)[C@@H]2SC(c2ccccc2)(c2ccccc2)c2ccccc2)C(=O)C1=O. The molecule has 0 saturated carbocycles. The van der Waals surface area contributed by atoms with E-state index in [-0.39, 0.29) is 36.4 Å². The number of anilines is 1. The van der Waals surface area contributed by atoms with Gasteiger partial charge in [-0.25, -0.2) is 4.79 Å². The molecule has 2 atom stereocenters. The Morgan fingerprint density at radius 3 is 1.76 bits per heavy atom. The van der Waals surface area contributed by atoms with E-state index >= 15 is 0 Å². The Balaban J connectivity index is 1.32. The van der Waals surface area contributed by atoms with E-state index in [0.29, 0.717) is 17.8 Å². The summed E-state index contributed by atoms with van der Waals surface area (Å²) >= 11 is 1.68. The Kier molecular flexibility index (Phi) is 11.4. The van der Waals surface area contributed by atoms with E-state index < -0.39 is 42.2 Å². The molecule has 0 aliphatic carbocycles. The second kappa shape index (κ2) is 15.9. The van der Waals surface area contributed by atoms with E-state index in [0.717, 1.165) is 21.6 Å². The van der Waals surface area contributed by atoms with E-state index in [4.69, 9.17) is 0 Å². The average Bonchev–Trinajstić information content (AvgIpc) is 3.17.